The van der Waals surface area contributed by atoms with Crippen molar-refractivity contribution in [1.29, 1.82) is 0 Å². The summed E-state index contributed by atoms with van der Waals surface area (Å²) in [5.74, 6) is 0.846. The minimum absolute atomic E-state index is 0.578. The summed E-state index contributed by atoms with van der Waals surface area (Å²) < 4.78 is 5.22. The summed E-state index contributed by atoms with van der Waals surface area (Å²) in [5.41, 5.74) is 0. The summed E-state index contributed by atoms with van der Waals surface area (Å²) in [5, 5.41) is 4.31. The van der Waals surface area contributed by atoms with E-state index in [1.165, 1.54) is 17.7 Å². The van der Waals surface area contributed by atoms with Crippen molar-refractivity contribution >= 4 is 16.5 Å². The third-order valence-corrected chi connectivity index (χ3v) is 4.50. The maximum atomic E-state index is 5.22. The van der Waals surface area contributed by atoms with Crippen LogP contribution in [0.25, 0.3) is 0 Å². The highest BCUT2D eigenvalue weighted by molar-refractivity contribution is 7.15. The Labute approximate surface area is 113 Å². The lowest BCUT2D eigenvalue weighted by atomic mass is 10.2. The number of methoxy groups -OCH3 is 1. The summed E-state index contributed by atoms with van der Waals surface area (Å²) in [6.45, 7) is 4.90. The summed E-state index contributed by atoms with van der Waals surface area (Å²) >= 11 is 1.79. The maximum absolute atomic E-state index is 5.22. The van der Waals surface area contributed by atoms with Gasteiger partial charge in [0.2, 0.25) is 0 Å². The van der Waals surface area contributed by atoms with Crippen LogP contribution in [-0.2, 0) is 11.3 Å². The Kier molecular flexibility index (Phi) is 4.97. The van der Waals surface area contributed by atoms with Gasteiger partial charge in [-0.25, -0.2) is 4.98 Å². The molecule has 0 radical (unpaired) electrons. The number of anilines is 1. The van der Waals surface area contributed by atoms with Gasteiger partial charge in [0.05, 0.1) is 6.61 Å². The Bertz CT molecular complexity index is 365. The molecule has 1 aliphatic rings. The molecule has 0 aromatic carbocycles. The first-order chi connectivity index (χ1) is 8.76. The van der Waals surface area contributed by atoms with Gasteiger partial charge in [-0.3, -0.25) is 0 Å². The predicted octanol–water partition coefficient (Wildman–Crippen LogP) is 2.11. The van der Waals surface area contributed by atoms with Crippen LogP contribution in [0.5, 0.6) is 0 Å². The van der Waals surface area contributed by atoms with Gasteiger partial charge < -0.3 is 15.0 Å². The quantitative estimate of drug-likeness (QED) is 0.784. The van der Waals surface area contributed by atoms with Crippen LogP contribution < -0.4 is 10.2 Å². The molecule has 1 aromatic rings. The van der Waals surface area contributed by atoms with Crippen LogP contribution in [0.15, 0.2) is 6.20 Å². The van der Waals surface area contributed by atoms with Gasteiger partial charge in [0.15, 0.2) is 5.13 Å². The number of ether oxygens (including phenoxy) is 1. The average molecular weight is 269 g/mol. The molecule has 1 atom stereocenters. The zero-order chi connectivity index (χ0) is 13.0. The number of nitrogens with one attached hydrogen (secondary N) is 1. The Balaban J connectivity index is 2.05. The number of nitrogens with zero attached hydrogens (tertiary/aromatic N) is 2. The number of thiazole rings is 1. The molecule has 18 heavy (non-hydrogen) atoms. The Morgan fingerprint density at radius 2 is 2.39 bits per heavy atom. The lowest BCUT2D eigenvalue weighted by Gasteiger charge is -2.28. The highest BCUT2D eigenvalue weighted by Crippen LogP contribution is 2.37. The molecule has 4 nitrogen and oxygen atoms in total. The van der Waals surface area contributed by atoms with Crippen molar-refractivity contribution in [2.24, 2.45) is 5.92 Å². The molecular weight excluding hydrogens is 246 g/mol. The molecule has 1 N–H and O–H groups in total. The second kappa shape index (κ2) is 6.50. The summed E-state index contributed by atoms with van der Waals surface area (Å²) in [6.07, 6.45) is 4.70. The van der Waals surface area contributed by atoms with Crippen molar-refractivity contribution < 1.29 is 4.74 Å². The lowest BCUT2D eigenvalue weighted by molar-refractivity contribution is 0.202. The van der Waals surface area contributed by atoms with Gasteiger partial charge in [0, 0.05) is 37.3 Å². The molecule has 0 bridgehead atoms. The molecule has 1 heterocycles. The van der Waals surface area contributed by atoms with E-state index in [-0.39, 0.29) is 0 Å². The number of aromatic nitrogens is 1. The SMILES string of the molecule is CNCc1cnc(N(CCOC)C(C)C2CC2)s1. The minimum Gasteiger partial charge on any atom is -0.383 e. The zero-order valence-electron chi connectivity index (χ0n) is 11.5. The second-order valence-corrected chi connectivity index (χ2v) is 6.00. The molecule has 1 saturated carbocycles. The van der Waals surface area contributed by atoms with Gasteiger partial charge >= 0.3 is 0 Å². The van der Waals surface area contributed by atoms with Crippen LogP contribution in [0, 0.1) is 5.92 Å². The molecule has 0 saturated heterocycles. The van der Waals surface area contributed by atoms with Crippen LogP contribution in [0.4, 0.5) is 5.13 Å². The Morgan fingerprint density at radius 1 is 1.61 bits per heavy atom. The van der Waals surface area contributed by atoms with Crippen molar-refractivity contribution in [3.8, 4) is 0 Å². The van der Waals surface area contributed by atoms with Crippen LogP contribution in [0.2, 0.25) is 0 Å². The average Bonchev–Trinajstić information content (AvgIpc) is 3.12. The van der Waals surface area contributed by atoms with E-state index in [9.17, 15) is 0 Å². The molecule has 102 valence electrons. The van der Waals surface area contributed by atoms with Crippen LogP contribution in [0.1, 0.15) is 24.6 Å². The monoisotopic (exact) mass is 269 g/mol. The van der Waals surface area contributed by atoms with Crippen molar-refractivity contribution in [2.75, 3.05) is 32.2 Å². The van der Waals surface area contributed by atoms with Crippen LogP contribution >= 0.6 is 11.3 Å². The summed E-state index contributed by atoms with van der Waals surface area (Å²) in [4.78, 5) is 8.27. The molecule has 5 heteroatoms. The molecule has 2 rings (SSSR count). The first-order valence-electron chi connectivity index (χ1n) is 6.61. The van der Waals surface area contributed by atoms with Gasteiger partial charge in [-0.05, 0) is 32.7 Å². The van der Waals surface area contributed by atoms with Gasteiger partial charge in [-0.1, -0.05) is 0 Å². The molecule has 0 spiro atoms. The molecule has 1 fully saturated rings. The Hall–Kier alpha value is -0.650. The normalized spacial score (nSPS) is 16.8. The van der Waals surface area contributed by atoms with Gasteiger partial charge in [-0.15, -0.1) is 11.3 Å². The maximum Gasteiger partial charge on any atom is 0.185 e. The first kappa shape index (κ1) is 13.8. The summed E-state index contributed by atoms with van der Waals surface area (Å²) in [7, 11) is 3.73. The smallest absolute Gasteiger partial charge is 0.185 e. The molecule has 1 aromatic heterocycles. The van der Waals surface area contributed by atoms with E-state index in [4.69, 9.17) is 4.74 Å². The third kappa shape index (κ3) is 3.43. The molecule has 1 aliphatic carbocycles. The fourth-order valence-corrected chi connectivity index (χ4v) is 3.22. The van der Waals surface area contributed by atoms with E-state index < -0.39 is 0 Å². The minimum atomic E-state index is 0.578. The van der Waals surface area contributed by atoms with Crippen molar-refractivity contribution in [1.82, 2.24) is 10.3 Å². The molecular formula is C13H23N3OS. The molecule has 0 aliphatic heterocycles. The number of rotatable bonds is 8. The predicted molar refractivity (Wildman–Crippen MR) is 76.3 cm³/mol. The van der Waals surface area contributed by atoms with Gasteiger partial charge in [-0.2, -0.15) is 0 Å². The van der Waals surface area contributed by atoms with Gasteiger partial charge in [0.1, 0.15) is 0 Å². The first-order valence-corrected chi connectivity index (χ1v) is 7.42. The fraction of sp³-hybridized carbons (Fsp3) is 0.769. The highest BCUT2D eigenvalue weighted by Gasteiger charge is 2.33. The fourth-order valence-electron chi connectivity index (χ4n) is 2.18. The largest absolute Gasteiger partial charge is 0.383 e. The van der Waals surface area contributed by atoms with E-state index in [2.05, 4.69) is 22.1 Å². The molecule has 1 unspecified atom stereocenters. The lowest BCUT2D eigenvalue weighted by Crippen LogP contribution is -2.37. The topological polar surface area (TPSA) is 37.4 Å². The Morgan fingerprint density at radius 3 is 3.00 bits per heavy atom. The third-order valence-electron chi connectivity index (χ3n) is 3.47. The second-order valence-electron chi connectivity index (χ2n) is 4.90. The molecule has 0 amide bonds. The van der Waals surface area contributed by atoms with E-state index in [0.29, 0.717) is 6.04 Å². The number of hydrogen-bond acceptors (Lipinski definition) is 5. The van der Waals surface area contributed by atoms with E-state index in [0.717, 1.165) is 30.7 Å². The van der Waals surface area contributed by atoms with Crippen LogP contribution in [0.3, 0.4) is 0 Å². The van der Waals surface area contributed by atoms with Crippen LogP contribution in [-0.4, -0.2) is 38.3 Å². The highest BCUT2D eigenvalue weighted by atomic mass is 32.1. The van der Waals surface area contributed by atoms with Crippen molar-refractivity contribution in [3.05, 3.63) is 11.1 Å². The summed E-state index contributed by atoms with van der Waals surface area (Å²) in [6, 6.07) is 0.578. The van der Waals surface area contributed by atoms with Crippen molar-refractivity contribution in [3.63, 3.8) is 0 Å². The van der Waals surface area contributed by atoms with Gasteiger partial charge in [0.25, 0.3) is 0 Å². The van der Waals surface area contributed by atoms with E-state index >= 15 is 0 Å². The number of hydrogen-bond donors (Lipinski definition) is 1. The van der Waals surface area contributed by atoms with E-state index in [1.54, 1.807) is 18.4 Å². The standard InChI is InChI=1S/C13H23N3OS/c1-10(11-4-5-11)16(6-7-17-3)13-15-9-12(18-13)8-14-2/h9-11,14H,4-8H2,1-3H3. The van der Waals surface area contributed by atoms with Crippen molar-refractivity contribution in [2.45, 2.75) is 32.4 Å². The van der Waals surface area contributed by atoms with E-state index in [1.807, 2.05) is 13.2 Å². The zero-order valence-corrected chi connectivity index (χ0v) is 12.3.